The van der Waals surface area contributed by atoms with E-state index in [4.69, 9.17) is 16.7 Å². The van der Waals surface area contributed by atoms with Gasteiger partial charge in [0.15, 0.2) is 0 Å². The topological polar surface area (TPSA) is 61.4 Å². The van der Waals surface area contributed by atoms with Crippen molar-refractivity contribution in [3.8, 4) is 0 Å². The molecule has 0 heterocycles. The van der Waals surface area contributed by atoms with Gasteiger partial charge in [0.1, 0.15) is 0 Å². The van der Waals surface area contributed by atoms with Crippen LogP contribution in [0.4, 0.5) is 5.69 Å². The summed E-state index contributed by atoms with van der Waals surface area (Å²) in [6.45, 7) is 4.91. The molecule has 0 aromatic heterocycles. The molecule has 1 amide bonds. The van der Waals surface area contributed by atoms with Gasteiger partial charge in [0.25, 0.3) is 5.91 Å². The van der Waals surface area contributed by atoms with Crippen LogP contribution in [-0.4, -0.2) is 24.2 Å². The van der Waals surface area contributed by atoms with E-state index in [1.165, 1.54) is 5.56 Å². The molecular weight excluding hydrogens is 312 g/mol. The van der Waals surface area contributed by atoms with Gasteiger partial charge in [-0.15, -0.1) is 0 Å². The number of aliphatic hydroxyl groups excluding tert-OH is 1. The maximum Gasteiger partial charge on any atom is 0.251 e. The highest BCUT2D eigenvalue weighted by Gasteiger charge is 2.07. The molecule has 0 aliphatic rings. The molecule has 0 saturated carbocycles. The molecule has 5 heteroatoms. The number of nitrogens with one attached hydrogen (secondary N) is 2. The Kier molecular flexibility index (Phi) is 6.02. The summed E-state index contributed by atoms with van der Waals surface area (Å²) in [6, 6.07) is 11.2. The lowest BCUT2D eigenvalue weighted by Crippen LogP contribution is -2.26. The van der Waals surface area contributed by atoms with Gasteiger partial charge in [-0.1, -0.05) is 17.7 Å². The molecule has 0 radical (unpaired) electrons. The average Bonchev–Trinajstić information content (AvgIpc) is 2.51. The van der Waals surface area contributed by atoms with Gasteiger partial charge in [0, 0.05) is 29.4 Å². The molecular formula is C18H21ClN2O2. The van der Waals surface area contributed by atoms with Gasteiger partial charge in [0.05, 0.1) is 6.61 Å². The predicted molar refractivity (Wildman–Crippen MR) is 94.1 cm³/mol. The van der Waals surface area contributed by atoms with Crippen molar-refractivity contribution in [3.63, 3.8) is 0 Å². The molecule has 2 rings (SSSR count). The van der Waals surface area contributed by atoms with Crippen molar-refractivity contribution in [1.29, 1.82) is 0 Å². The highest BCUT2D eigenvalue weighted by atomic mass is 35.5. The van der Waals surface area contributed by atoms with E-state index in [0.717, 1.165) is 21.8 Å². The summed E-state index contributed by atoms with van der Waals surface area (Å²) in [5, 5.41) is 15.5. The SMILES string of the molecule is Cc1cc(Cl)cc(C)c1CNc1cccc(C(=O)NCCO)c1. The van der Waals surface area contributed by atoms with Gasteiger partial charge in [-0.2, -0.15) is 0 Å². The number of amides is 1. The van der Waals surface area contributed by atoms with Crippen molar-refractivity contribution in [3.05, 3.63) is 63.7 Å². The van der Waals surface area contributed by atoms with Crippen LogP contribution in [-0.2, 0) is 6.54 Å². The first-order chi connectivity index (χ1) is 11.0. The summed E-state index contributed by atoms with van der Waals surface area (Å²) in [5.74, 6) is -0.193. The molecule has 122 valence electrons. The zero-order chi connectivity index (χ0) is 16.8. The lowest BCUT2D eigenvalue weighted by molar-refractivity contribution is 0.0945. The van der Waals surface area contributed by atoms with Gasteiger partial charge < -0.3 is 15.7 Å². The first-order valence-corrected chi connectivity index (χ1v) is 7.87. The number of aliphatic hydroxyl groups is 1. The summed E-state index contributed by atoms with van der Waals surface area (Å²) in [5.41, 5.74) is 4.91. The molecule has 0 atom stereocenters. The van der Waals surface area contributed by atoms with Gasteiger partial charge in [0.2, 0.25) is 0 Å². The number of aryl methyl sites for hydroxylation is 2. The molecule has 0 spiro atoms. The number of carbonyl (C=O) groups excluding carboxylic acids is 1. The third-order valence-corrected chi connectivity index (χ3v) is 3.87. The summed E-state index contributed by atoms with van der Waals surface area (Å²) in [7, 11) is 0. The summed E-state index contributed by atoms with van der Waals surface area (Å²) >= 11 is 6.05. The van der Waals surface area contributed by atoms with E-state index in [1.807, 2.05) is 38.1 Å². The third-order valence-electron chi connectivity index (χ3n) is 3.65. The van der Waals surface area contributed by atoms with Crippen molar-refractivity contribution in [1.82, 2.24) is 5.32 Å². The minimum atomic E-state index is -0.193. The van der Waals surface area contributed by atoms with Crippen LogP contribution in [0.3, 0.4) is 0 Å². The van der Waals surface area contributed by atoms with Crippen molar-refractivity contribution in [2.75, 3.05) is 18.5 Å². The normalized spacial score (nSPS) is 10.4. The maximum absolute atomic E-state index is 11.9. The van der Waals surface area contributed by atoms with Gasteiger partial charge in [-0.05, 0) is 60.9 Å². The molecule has 2 aromatic carbocycles. The maximum atomic E-state index is 11.9. The molecule has 0 aliphatic carbocycles. The first kappa shape index (κ1) is 17.3. The molecule has 0 unspecified atom stereocenters. The van der Waals surface area contributed by atoms with E-state index in [2.05, 4.69) is 10.6 Å². The third kappa shape index (κ3) is 4.71. The summed E-state index contributed by atoms with van der Waals surface area (Å²) in [4.78, 5) is 11.9. The number of hydrogen-bond donors (Lipinski definition) is 3. The van der Waals surface area contributed by atoms with E-state index in [9.17, 15) is 4.79 Å². The Bertz CT molecular complexity index is 678. The Balaban J connectivity index is 2.08. The van der Waals surface area contributed by atoms with Gasteiger partial charge in [-0.25, -0.2) is 0 Å². The second-order valence-electron chi connectivity index (χ2n) is 5.43. The number of hydrogen-bond acceptors (Lipinski definition) is 3. The lowest BCUT2D eigenvalue weighted by Gasteiger charge is -2.13. The van der Waals surface area contributed by atoms with Gasteiger partial charge in [-0.3, -0.25) is 4.79 Å². The Morgan fingerprint density at radius 1 is 1.17 bits per heavy atom. The number of halogens is 1. The van der Waals surface area contributed by atoms with Crippen LogP contribution in [0.1, 0.15) is 27.0 Å². The fourth-order valence-electron chi connectivity index (χ4n) is 2.45. The van der Waals surface area contributed by atoms with Crippen LogP contribution in [0, 0.1) is 13.8 Å². The Morgan fingerprint density at radius 3 is 2.52 bits per heavy atom. The minimum absolute atomic E-state index is 0.0706. The number of carbonyl (C=O) groups is 1. The predicted octanol–water partition coefficient (Wildman–Crippen LogP) is 3.29. The van der Waals surface area contributed by atoms with Crippen molar-refractivity contribution in [2.24, 2.45) is 0 Å². The fraction of sp³-hybridized carbons (Fsp3) is 0.278. The summed E-state index contributed by atoms with van der Waals surface area (Å²) in [6.07, 6.45) is 0. The molecule has 0 aliphatic heterocycles. The molecule has 23 heavy (non-hydrogen) atoms. The highest BCUT2D eigenvalue weighted by Crippen LogP contribution is 2.21. The Morgan fingerprint density at radius 2 is 1.87 bits per heavy atom. The van der Waals surface area contributed by atoms with Crippen LogP contribution in [0.2, 0.25) is 5.02 Å². The van der Waals surface area contributed by atoms with Crippen LogP contribution in [0.25, 0.3) is 0 Å². The second kappa shape index (κ2) is 7.99. The van der Waals surface area contributed by atoms with Crippen molar-refractivity contribution < 1.29 is 9.90 Å². The first-order valence-electron chi connectivity index (χ1n) is 7.50. The van der Waals surface area contributed by atoms with Gasteiger partial charge >= 0.3 is 0 Å². The van der Waals surface area contributed by atoms with Crippen molar-refractivity contribution >= 4 is 23.2 Å². The minimum Gasteiger partial charge on any atom is -0.395 e. The van der Waals surface area contributed by atoms with E-state index in [-0.39, 0.29) is 19.1 Å². The number of benzene rings is 2. The van der Waals surface area contributed by atoms with Crippen LogP contribution >= 0.6 is 11.6 Å². The molecule has 2 aromatic rings. The number of rotatable bonds is 6. The smallest absolute Gasteiger partial charge is 0.251 e. The zero-order valence-corrected chi connectivity index (χ0v) is 14.1. The molecule has 4 nitrogen and oxygen atoms in total. The van der Waals surface area contributed by atoms with E-state index < -0.39 is 0 Å². The average molecular weight is 333 g/mol. The second-order valence-corrected chi connectivity index (χ2v) is 5.87. The molecule has 0 fully saturated rings. The summed E-state index contributed by atoms with van der Waals surface area (Å²) < 4.78 is 0. The standard InChI is InChI=1S/C18H21ClN2O2/c1-12-8-15(19)9-13(2)17(12)11-21-16-5-3-4-14(10-16)18(23)20-6-7-22/h3-5,8-10,21-22H,6-7,11H2,1-2H3,(H,20,23). The van der Waals surface area contributed by atoms with Crippen LogP contribution in [0.15, 0.2) is 36.4 Å². The van der Waals surface area contributed by atoms with E-state index in [0.29, 0.717) is 12.1 Å². The fourth-order valence-corrected chi connectivity index (χ4v) is 2.78. The largest absolute Gasteiger partial charge is 0.395 e. The molecule has 3 N–H and O–H groups in total. The zero-order valence-electron chi connectivity index (χ0n) is 13.3. The number of anilines is 1. The van der Waals surface area contributed by atoms with E-state index >= 15 is 0 Å². The quantitative estimate of drug-likeness (QED) is 0.760. The monoisotopic (exact) mass is 332 g/mol. The highest BCUT2D eigenvalue weighted by molar-refractivity contribution is 6.30. The molecule has 0 bridgehead atoms. The van der Waals surface area contributed by atoms with E-state index in [1.54, 1.807) is 12.1 Å². The Hall–Kier alpha value is -2.04. The van der Waals surface area contributed by atoms with Crippen LogP contribution < -0.4 is 10.6 Å². The Labute approximate surface area is 141 Å². The van der Waals surface area contributed by atoms with Crippen LogP contribution in [0.5, 0.6) is 0 Å². The molecule has 0 saturated heterocycles. The lowest BCUT2D eigenvalue weighted by atomic mass is 10.0. The van der Waals surface area contributed by atoms with Crippen molar-refractivity contribution in [2.45, 2.75) is 20.4 Å².